The molecule has 2 N–H and O–H groups in total. The average molecular weight is 137 g/mol. The third-order valence-electron chi connectivity index (χ3n) is 1.05. The molecule has 0 amide bonds. The van der Waals surface area contributed by atoms with Crippen molar-refractivity contribution in [1.82, 2.24) is 0 Å². The fraction of sp³-hybridized carbons (Fsp3) is 0. The Morgan fingerprint density at radius 1 is 1.44 bits per heavy atom. The summed E-state index contributed by atoms with van der Waals surface area (Å²) in [5, 5.41) is 1.61. The van der Waals surface area contributed by atoms with E-state index in [4.69, 9.17) is 18.0 Å². The zero-order valence-electron chi connectivity index (χ0n) is 4.87. The summed E-state index contributed by atoms with van der Waals surface area (Å²) in [7, 11) is 0. The maximum absolute atomic E-state index is 5.47. The second-order valence-corrected chi connectivity index (χ2v) is 2.02. The minimum Gasteiger partial charge on any atom is -0.399 e. The molecule has 0 atom stereocenters. The van der Waals surface area contributed by atoms with E-state index in [1.165, 1.54) is 0 Å². The van der Waals surface area contributed by atoms with Gasteiger partial charge in [-0.1, -0.05) is 24.4 Å². The van der Waals surface area contributed by atoms with Crippen molar-refractivity contribution in [1.29, 1.82) is 0 Å². The van der Waals surface area contributed by atoms with E-state index in [-0.39, 0.29) is 0 Å². The summed E-state index contributed by atoms with van der Waals surface area (Å²) in [5.74, 6) is 0. The number of nitrogens with two attached hydrogens (primary N) is 1. The highest BCUT2D eigenvalue weighted by Crippen LogP contribution is 2.03. The first-order chi connectivity index (χ1) is 4.33. The van der Waals surface area contributed by atoms with Crippen LogP contribution in [0.1, 0.15) is 5.56 Å². The minimum absolute atomic E-state index is 0.758. The second-order valence-electron chi connectivity index (χ2n) is 1.79. The lowest BCUT2D eigenvalue weighted by Crippen LogP contribution is -1.85. The van der Waals surface area contributed by atoms with Crippen molar-refractivity contribution in [2.75, 3.05) is 5.73 Å². The molecule has 0 fully saturated rings. The fourth-order valence-electron chi connectivity index (χ4n) is 0.632. The van der Waals surface area contributed by atoms with E-state index in [1.807, 2.05) is 24.3 Å². The van der Waals surface area contributed by atoms with Crippen LogP contribution in [0, 0.1) is 0 Å². The summed E-state index contributed by atoms with van der Waals surface area (Å²) in [6, 6.07) is 7.48. The Morgan fingerprint density at radius 2 is 2.22 bits per heavy atom. The van der Waals surface area contributed by atoms with Crippen molar-refractivity contribution in [3.8, 4) is 0 Å². The highest BCUT2D eigenvalue weighted by Gasteiger charge is 1.84. The molecule has 46 valence electrons. The molecule has 2 heteroatoms. The van der Waals surface area contributed by atoms with Crippen molar-refractivity contribution < 1.29 is 0 Å². The SMILES string of the molecule is Nc1cccc(C=S)c1. The van der Waals surface area contributed by atoms with Gasteiger partial charge in [0.05, 0.1) is 0 Å². The monoisotopic (exact) mass is 137 g/mol. The van der Waals surface area contributed by atoms with Gasteiger partial charge in [-0.3, -0.25) is 0 Å². The Labute approximate surface area is 59.5 Å². The van der Waals surface area contributed by atoms with E-state index in [0.29, 0.717) is 0 Å². The van der Waals surface area contributed by atoms with Crippen LogP contribution in [0.3, 0.4) is 0 Å². The second kappa shape index (κ2) is 2.60. The number of hydrogen-bond donors (Lipinski definition) is 1. The van der Waals surface area contributed by atoms with Crippen LogP contribution in [0.2, 0.25) is 0 Å². The lowest BCUT2D eigenvalue weighted by molar-refractivity contribution is 1.67. The summed E-state index contributed by atoms with van der Waals surface area (Å²) >= 11 is 4.70. The number of rotatable bonds is 1. The molecule has 0 saturated carbocycles. The Bertz CT molecular complexity index is 220. The van der Waals surface area contributed by atoms with Gasteiger partial charge in [0.2, 0.25) is 0 Å². The van der Waals surface area contributed by atoms with Gasteiger partial charge in [-0.15, -0.1) is 0 Å². The van der Waals surface area contributed by atoms with E-state index >= 15 is 0 Å². The molecule has 9 heavy (non-hydrogen) atoms. The smallest absolute Gasteiger partial charge is 0.0320 e. The molecule has 0 unspecified atom stereocenters. The molecule has 0 bridgehead atoms. The zero-order chi connectivity index (χ0) is 6.69. The normalized spacial score (nSPS) is 8.89. The van der Waals surface area contributed by atoms with Gasteiger partial charge in [-0.2, -0.15) is 0 Å². The van der Waals surface area contributed by atoms with Crippen LogP contribution in [-0.2, 0) is 0 Å². The van der Waals surface area contributed by atoms with E-state index in [2.05, 4.69) is 0 Å². The third kappa shape index (κ3) is 1.50. The van der Waals surface area contributed by atoms with Crippen LogP contribution < -0.4 is 5.73 Å². The first kappa shape index (κ1) is 6.23. The standard InChI is InChI=1S/C7H7NS/c8-7-3-1-2-6(4-7)5-9/h1-5H,8H2. The maximum Gasteiger partial charge on any atom is 0.0320 e. The molecular weight excluding hydrogens is 130 g/mol. The largest absolute Gasteiger partial charge is 0.399 e. The lowest BCUT2D eigenvalue weighted by atomic mass is 10.2. The van der Waals surface area contributed by atoms with Crippen LogP contribution in [-0.4, -0.2) is 5.37 Å². The van der Waals surface area contributed by atoms with E-state index in [1.54, 1.807) is 5.37 Å². The van der Waals surface area contributed by atoms with Crippen molar-refractivity contribution in [2.45, 2.75) is 0 Å². The Balaban J connectivity index is 3.07. The zero-order valence-corrected chi connectivity index (χ0v) is 5.69. The van der Waals surface area contributed by atoms with Gasteiger partial charge in [0.25, 0.3) is 0 Å². The van der Waals surface area contributed by atoms with Crippen LogP contribution in [0.15, 0.2) is 24.3 Å². The molecule has 0 aromatic heterocycles. The van der Waals surface area contributed by atoms with Crippen LogP contribution in [0.4, 0.5) is 5.69 Å². The van der Waals surface area contributed by atoms with Gasteiger partial charge in [-0.25, -0.2) is 0 Å². The first-order valence-corrected chi connectivity index (χ1v) is 3.11. The van der Waals surface area contributed by atoms with Gasteiger partial charge >= 0.3 is 0 Å². The van der Waals surface area contributed by atoms with Crippen molar-refractivity contribution in [2.24, 2.45) is 0 Å². The Kier molecular flexibility index (Phi) is 1.80. The number of thiocarbonyl (C=S) groups is 1. The molecule has 0 heterocycles. The topological polar surface area (TPSA) is 26.0 Å². The summed E-state index contributed by atoms with van der Waals surface area (Å²) in [6.45, 7) is 0. The van der Waals surface area contributed by atoms with Gasteiger partial charge in [0, 0.05) is 11.1 Å². The third-order valence-corrected chi connectivity index (χ3v) is 1.32. The molecule has 0 radical (unpaired) electrons. The summed E-state index contributed by atoms with van der Waals surface area (Å²) in [5.41, 5.74) is 7.22. The quantitative estimate of drug-likeness (QED) is 0.470. The summed E-state index contributed by atoms with van der Waals surface area (Å²) in [6.07, 6.45) is 0. The van der Waals surface area contributed by atoms with Gasteiger partial charge in [0.15, 0.2) is 0 Å². The molecule has 1 aromatic carbocycles. The molecule has 0 spiro atoms. The van der Waals surface area contributed by atoms with Crippen molar-refractivity contribution in [3.05, 3.63) is 29.8 Å². The predicted molar refractivity (Wildman–Crippen MR) is 43.6 cm³/mol. The minimum atomic E-state index is 0.758. The van der Waals surface area contributed by atoms with Crippen LogP contribution in [0.25, 0.3) is 0 Å². The van der Waals surface area contributed by atoms with E-state index in [0.717, 1.165) is 11.3 Å². The number of hydrogen-bond acceptors (Lipinski definition) is 2. The van der Waals surface area contributed by atoms with Crippen molar-refractivity contribution >= 4 is 23.3 Å². The van der Waals surface area contributed by atoms with Crippen LogP contribution >= 0.6 is 12.2 Å². The predicted octanol–water partition coefficient (Wildman–Crippen LogP) is 1.62. The van der Waals surface area contributed by atoms with Gasteiger partial charge in [0.1, 0.15) is 0 Å². The fourth-order valence-corrected chi connectivity index (χ4v) is 0.779. The number of anilines is 1. The maximum atomic E-state index is 5.47. The summed E-state index contributed by atoms with van der Waals surface area (Å²) in [4.78, 5) is 0. The van der Waals surface area contributed by atoms with E-state index in [9.17, 15) is 0 Å². The number of benzene rings is 1. The van der Waals surface area contributed by atoms with Gasteiger partial charge in [-0.05, 0) is 17.7 Å². The molecule has 0 saturated heterocycles. The Morgan fingerprint density at radius 3 is 2.67 bits per heavy atom. The molecule has 1 rings (SSSR count). The molecule has 0 aliphatic rings. The first-order valence-electron chi connectivity index (χ1n) is 2.63. The molecule has 1 aromatic rings. The molecule has 0 aliphatic heterocycles. The van der Waals surface area contributed by atoms with Crippen LogP contribution in [0.5, 0.6) is 0 Å². The number of nitrogen functional groups attached to an aromatic ring is 1. The highest BCUT2D eigenvalue weighted by molar-refractivity contribution is 7.79. The lowest BCUT2D eigenvalue weighted by Gasteiger charge is -1.91. The summed E-state index contributed by atoms with van der Waals surface area (Å²) < 4.78 is 0. The highest BCUT2D eigenvalue weighted by atomic mass is 32.1. The molecule has 1 nitrogen and oxygen atoms in total. The Hall–Kier alpha value is -0.890. The van der Waals surface area contributed by atoms with Crippen molar-refractivity contribution in [3.63, 3.8) is 0 Å². The average Bonchev–Trinajstić information content (AvgIpc) is 1.88. The van der Waals surface area contributed by atoms with Gasteiger partial charge < -0.3 is 5.73 Å². The van der Waals surface area contributed by atoms with E-state index < -0.39 is 0 Å². The molecular formula is C7H7NS. The molecule has 0 aliphatic carbocycles.